The van der Waals surface area contributed by atoms with Gasteiger partial charge in [-0.1, -0.05) is 24.3 Å². The number of nitrogens with zero attached hydrogens (tertiary/aromatic N) is 1. The third-order valence-electron chi connectivity index (χ3n) is 3.42. The van der Waals surface area contributed by atoms with E-state index in [0.29, 0.717) is 6.54 Å². The van der Waals surface area contributed by atoms with Crippen LogP contribution in [-0.2, 0) is 16.1 Å². The molecule has 0 amide bonds. The van der Waals surface area contributed by atoms with Crippen molar-refractivity contribution in [3.8, 4) is 0 Å². The molecule has 0 bridgehead atoms. The van der Waals surface area contributed by atoms with Gasteiger partial charge in [0.15, 0.2) is 0 Å². The van der Waals surface area contributed by atoms with Crippen molar-refractivity contribution in [2.24, 2.45) is 5.41 Å². The van der Waals surface area contributed by atoms with Gasteiger partial charge in [-0.15, -0.1) is 0 Å². The molecule has 1 saturated heterocycles. The van der Waals surface area contributed by atoms with Crippen LogP contribution in [0.4, 0.5) is 0 Å². The third-order valence-corrected chi connectivity index (χ3v) is 3.42. The number of carboxylic acids is 2. The van der Waals surface area contributed by atoms with E-state index in [1.165, 1.54) is 0 Å². The topological polar surface area (TPSA) is 83.5 Å². The number of likely N-dealkylation sites (tertiary alicyclic amines) is 1. The van der Waals surface area contributed by atoms with Gasteiger partial charge >= 0.3 is 59.1 Å². The molecule has 1 aromatic carbocycles. The van der Waals surface area contributed by atoms with Crippen molar-refractivity contribution in [1.82, 2.24) is 4.90 Å². The SMILES string of the molecule is Cc1ccccc1CN1CC(C(=O)[O-])(C(=O)[O-])C1.[Na+].[Na+]. The zero-order chi connectivity index (χ0) is 13.3. The Labute approximate surface area is 161 Å². The summed E-state index contributed by atoms with van der Waals surface area (Å²) >= 11 is 0. The van der Waals surface area contributed by atoms with Gasteiger partial charge < -0.3 is 19.8 Å². The Balaban J connectivity index is 0.00000180. The second-order valence-electron chi connectivity index (χ2n) is 4.73. The van der Waals surface area contributed by atoms with E-state index in [9.17, 15) is 19.8 Å². The quantitative estimate of drug-likeness (QED) is 0.407. The van der Waals surface area contributed by atoms with Crippen LogP contribution < -0.4 is 69.3 Å². The predicted molar refractivity (Wildman–Crippen MR) is 58.9 cm³/mol. The summed E-state index contributed by atoms with van der Waals surface area (Å²) in [7, 11) is 0. The first-order chi connectivity index (χ1) is 8.45. The molecule has 1 aliphatic rings. The second-order valence-corrected chi connectivity index (χ2v) is 4.73. The van der Waals surface area contributed by atoms with E-state index >= 15 is 0 Å². The van der Waals surface area contributed by atoms with Gasteiger partial charge in [-0.25, -0.2) is 0 Å². The molecule has 2 rings (SSSR count). The molecule has 0 radical (unpaired) electrons. The maximum absolute atomic E-state index is 10.9. The largest absolute Gasteiger partial charge is 1.00 e. The standard InChI is InChI=1S/C13H15NO4.2Na/c1-9-4-2-3-5-10(9)6-14-7-13(8-14,11(15)16)12(17)18;;/h2-5H,6-8H2,1H3,(H,15,16)(H,17,18);;/q;2*+1/p-2. The van der Waals surface area contributed by atoms with Crippen LogP contribution in [0.25, 0.3) is 0 Å². The first kappa shape index (κ1) is 20.1. The van der Waals surface area contributed by atoms with Crippen LogP contribution in [0.5, 0.6) is 0 Å². The summed E-state index contributed by atoms with van der Waals surface area (Å²) in [5.41, 5.74) is 0.308. The van der Waals surface area contributed by atoms with Crippen molar-refractivity contribution in [2.75, 3.05) is 13.1 Å². The summed E-state index contributed by atoms with van der Waals surface area (Å²) in [6.45, 7) is 2.37. The summed E-state index contributed by atoms with van der Waals surface area (Å²) in [5, 5.41) is 21.7. The fourth-order valence-corrected chi connectivity index (χ4v) is 2.20. The molecule has 96 valence electrons. The van der Waals surface area contributed by atoms with Crippen molar-refractivity contribution in [3.05, 3.63) is 35.4 Å². The van der Waals surface area contributed by atoms with Crippen LogP contribution in [0.3, 0.4) is 0 Å². The summed E-state index contributed by atoms with van der Waals surface area (Å²) in [6, 6.07) is 7.71. The molecule has 0 atom stereocenters. The Morgan fingerprint density at radius 2 is 1.65 bits per heavy atom. The third kappa shape index (κ3) is 3.85. The summed E-state index contributed by atoms with van der Waals surface area (Å²) in [6.07, 6.45) is 0. The minimum atomic E-state index is -1.84. The normalized spacial score (nSPS) is 16.2. The van der Waals surface area contributed by atoms with Crippen LogP contribution >= 0.6 is 0 Å². The molecule has 1 aliphatic heterocycles. The molecule has 1 aromatic rings. The second kappa shape index (κ2) is 7.94. The Morgan fingerprint density at radius 1 is 1.15 bits per heavy atom. The molecule has 0 unspecified atom stereocenters. The van der Waals surface area contributed by atoms with Gasteiger partial charge in [0.2, 0.25) is 0 Å². The molecule has 20 heavy (non-hydrogen) atoms. The molecule has 0 aliphatic carbocycles. The molecular weight excluding hydrogens is 280 g/mol. The number of carboxylic acid groups (broad SMARTS) is 2. The fraction of sp³-hybridized carbons (Fsp3) is 0.385. The van der Waals surface area contributed by atoms with Crippen molar-refractivity contribution in [3.63, 3.8) is 0 Å². The smallest absolute Gasteiger partial charge is 0.549 e. The van der Waals surface area contributed by atoms with E-state index < -0.39 is 17.4 Å². The molecule has 7 heteroatoms. The van der Waals surface area contributed by atoms with Gasteiger partial charge in [0.1, 0.15) is 0 Å². The summed E-state index contributed by atoms with van der Waals surface area (Å²) < 4.78 is 0. The molecule has 0 saturated carbocycles. The van der Waals surface area contributed by atoms with Crippen molar-refractivity contribution < 1.29 is 78.9 Å². The molecule has 0 N–H and O–H groups in total. The van der Waals surface area contributed by atoms with Gasteiger partial charge in [0, 0.05) is 19.6 Å². The average molecular weight is 293 g/mol. The molecule has 1 fully saturated rings. The Hall–Kier alpha value is 0.120. The molecular formula is C13H13NNa2O4. The number of rotatable bonds is 4. The Bertz CT molecular complexity index is 485. The number of benzene rings is 1. The Morgan fingerprint density at radius 3 is 2.10 bits per heavy atom. The van der Waals surface area contributed by atoms with E-state index in [4.69, 9.17) is 0 Å². The van der Waals surface area contributed by atoms with Crippen molar-refractivity contribution >= 4 is 11.9 Å². The number of aryl methyl sites for hydroxylation is 1. The van der Waals surface area contributed by atoms with Gasteiger partial charge in [0.25, 0.3) is 0 Å². The average Bonchev–Trinajstić information content (AvgIpc) is 2.23. The number of hydrogen-bond acceptors (Lipinski definition) is 5. The fourth-order valence-electron chi connectivity index (χ4n) is 2.20. The van der Waals surface area contributed by atoms with E-state index in [1.54, 1.807) is 4.90 Å². The predicted octanol–water partition coefficient (Wildman–Crippen LogP) is -7.70. The Kier molecular flexibility index (Phi) is 7.99. The molecule has 0 aromatic heterocycles. The number of carbonyl (C=O) groups is 2. The molecule has 5 nitrogen and oxygen atoms in total. The molecule has 1 heterocycles. The van der Waals surface area contributed by atoms with Crippen LogP contribution in [0.15, 0.2) is 24.3 Å². The minimum absolute atomic E-state index is 0. The van der Waals surface area contributed by atoms with Crippen LogP contribution in [0.1, 0.15) is 11.1 Å². The van der Waals surface area contributed by atoms with Crippen LogP contribution in [0, 0.1) is 12.3 Å². The first-order valence-electron chi connectivity index (χ1n) is 5.65. The molecule has 0 spiro atoms. The first-order valence-corrected chi connectivity index (χ1v) is 5.65. The number of aliphatic carboxylic acids is 2. The number of hydrogen-bond donors (Lipinski definition) is 0. The maximum Gasteiger partial charge on any atom is 1.00 e. The number of carbonyl (C=O) groups excluding carboxylic acids is 2. The van der Waals surface area contributed by atoms with E-state index in [0.717, 1.165) is 11.1 Å². The van der Waals surface area contributed by atoms with E-state index in [1.807, 2.05) is 31.2 Å². The van der Waals surface area contributed by atoms with E-state index in [-0.39, 0.29) is 72.2 Å². The maximum atomic E-state index is 10.9. The monoisotopic (exact) mass is 293 g/mol. The van der Waals surface area contributed by atoms with Gasteiger partial charge in [-0.05, 0) is 18.1 Å². The van der Waals surface area contributed by atoms with Crippen molar-refractivity contribution in [1.29, 1.82) is 0 Å². The zero-order valence-corrected chi connectivity index (χ0v) is 16.0. The van der Waals surface area contributed by atoms with Crippen LogP contribution in [-0.4, -0.2) is 29.9 Å². The van der Waals surface area contributed by atoms with Gasteiger partial charge in [0.05, 0.1) is 17.4 Å². The van der Waals surface area contributed by atoms with Gasteiger partial charge in [-0.3, -0.25) is 4.90 Å². The van der Waals surface area contributed by atoms with E-state index in [2.05, 4.69) is 0 Å². The minimum Gasteiger partial charge on any atom is -0.549 e. The van der Waals surface area contributed by atoms with Crippen molar-refractivity contribution in [2.45, 2.75) is 13.5 Å². The summed E-state index contributed by atoms with van der Waals surface area (Å²) in [5.74, 6) is -3.13. The summed E-state index contributed by atoms with van der Waals surface area (Å²) in [4.78, 5) is 23.5. The zero-order valence-electron chi connectivity index (χ0n) is 12.0. The van der Waals surface area contributed by atoms with Crippen LogP contribution in [0.2, 0.25) is 0 Å². The van der Waals surface area contributed by atoms with Gasteiger partial charge in [-0.2, -0.15) is 0 Å².